The number of ketones is 1. The molecule has 0 aromatic rings. The van der Waals surface area contributed by atoms with Crippen molar-refractivity contribution < 1.29 is 19.1 Å². The average Bonchev–Trinajstić information content (AvgIpc) is 2.44. The zero-order valence-corrected chi connectivity index (χ0v) is 9.54. The van der Waals surface area contributed by atoms with E-state index in [0.717, 1.165) is 6.42 Å². The van der Waals surface area contributed by atoms with Gasteiger partial charge in [0.25, 0.3) is 0 Å². The second-order valence-corrected chi connectivity index (χ2v) is 4.19. The molecule has 1 heterocycles. The number of cyclic esters (lactones) is 1. The zero-order chi connectivity index (χ0) is 11.5. The van der Waals surface area contributed by atoms with Crippen molar-refractivity contribution in [2.75, 3.05) is 13.2 Å². The first-order chi connectivity index (χ1) is 7.00. The van der Waals surface area contributed by atoms with E-state index < -0.39 is 11.4 Å². The van der Waals surface area contributed by atoms with Gasteiger partial charge in [0, 0.05) is 13.0 Å². The van der Waals surface area contributed by atoms with Crippen LogP contribution in [-0.2, 0) is 19.1 Å². The third-order valence-electron chi connectivity index (χ3n) is 2.79. The molecular weight excluding hydrogens is 196 g/mol. The van der Waals surface area contributed by atoms with Crippen molar-refractivity contribution in [2.24, 2.45) is 5.41 Å². The molecule has 0 bridgehead atoms. The minimum atomic E-state index is -0.958. The SMILES string of the molecule is CCCOCC1CC(C)(C(C)=O)C(=O)O1. The molecule has 0 N–H and O–H groups in total. The molecule has 0 aromatic carbocycles. The summed E-state index contributed by atoms with van der Waals surface area (Å²) in [6.07, 6.45) is 1.10. The summed E-state index contributed by atoms with van der Waals surface area (Å²) in [5.74, 6) is -0.550. The smallest absolute Gasteiger partial charge is 0.319 e. The summed E-state index contributed by atoms with van der Waals surface area (Å²) in [4.78, 5) is 22.8. The van der Waals surface area contributed by atoms with E-state index in [9.17, 15) is 9.59 Å². The number of rotatable bonds is 5. The molecule has 15 heavy (non-hydrogen) atoms. The van der Waals surface area contributed by atoms with Crippen LogP contribution in [0.15, 0.2) is 0 Å². The van der Waals surface area contributed by atoms with Crippen molar-refractivity contribution >= 4 is 11.8 Å². The van der Waals surface area contributed by atoms with E-state index in [1.165, 1.54) is 6.92 Å². The Morgan fingerprint density at radius 2 is 2.33 bits per heavy atom. The molecule has 0 spiro atoms. The second kappa shape index (κ2) is 4.75. The molecule has 1 aliphatic heterocycles. The highest BCUT2D eigenvalue weighted by atomic mass is 16.6. The fourth-order valence-electron chi connectivity index (χ4n) is 1.60. The van der Waals surface area contributed by atoms with Crippen LogP contribution in [0.3, 0.4) is 0 Å². The van der Waals surface area contributed by atoms with Gasteiger partial charge < -0.3 is 9.47 Å². The molecule has 2 atom stereocenters. The van der Waals surface area contributed by atoms with Crippen LogP contribution in [0, 0.1) is 5.41 Å². The molecule has 86 valence electrons. The Kier molecular flexibility index (Phi) is 3.85. The lowest BCUT2D eigenvalue weighted by atomic mass is 9.83. The number of carbonyl (C=O) groups excluding carboxylic acids is 2. The van der Waals surface area contributed by atoms with Crippen LogP contribution in [-0.4, -0.2) is 31.1 Å². The fraction of sp³-hybridized carbons (Fsp3) is 0.818. The van der Waals surface area contributed by atoms with Crippen molar-refractivity contribution in [1.29, 1.82) is 0 Å². The molecule has 1 aliphatic rings. The molecule has 0 radical (unpaired) electrons. The number of carbonyl (C=O) groups is 2. The summed E-state index contributed by atoms with van der Waals surface area (Å²) in [7, 11) is 0. The lowest BCUT2D eigenvalue weighted by molar-refractivity contribution is -0.152. The Morgan fingerprint density at radius 1 is 1.67 bits per heavy atom. The van der Waals surface area contributed by atoms with Gasteiger partial charge in [-0.25, -0.2) is 0 Å². The Hall–Kier alpha value is -0.900. The maximum absolute atomic E-state index is 11.5. The normalized spacial score (nSPS) is 30.3. The summed E-state index contributed by atoms with van der Waals surface area (Å²) in [6, 6.07) is 0. The molecule has 0 aliphatic carbocycles. The highest BCUT2D eigenvalue weighted by Crippen LogP contribution is 2.34. The second-order valence-electron chi connectivity index (χ2n) is 4.19. The van der Waals surface area contributed by atoms with Gasteiger partial charge in [-0.15, -0.1) is 0 Å². The van der Waals surface area contributed by atoms with E-state index in [0.29, 0.717) is 19.6 Å². The molecule has 1 rings (SSSR count). The molecule has 4 nitrogen and oxygen atoms in total. The Morgan fingerprint density at radius 3 is 2.80 bits per heavy atom. The molecule has 0 saturated carbocycles. The van der Waals surface area contributed by atoms with E-state index >= 15 is 0 Å². The molecular formula is C11H18O4. The van der Waals surface area contributed by atoms with Crippen LogP contribution >= 0.6 is 0 Å². The highest BCUT2D eigenvalue weighted by Gasteiger charge is 2.48. The number of hydrogen-bond donors (Lipinski definition) is 0. The zero-order valence-electron chi connectivity index (χ0n) is 9.54. The number of esters is 1. The topological polar surface area (TPSA) is 52.6 Å². The Balaban J connectivity index is 2.49. The maximum Gasteiger partial charge on any atom is 0.319 e. The number of hydrogen-bond acceptors (Lipinski definition) is 4. The van der Waals surface area contributed by atoms with Crippen molar-refractivity contribution in [3.05, 3.63) is 0 Å². The van der Waals surface area contributed by atoms with Crippen molar-refractivity contribution in [1.82, 2.24) is 0 Å². The van der Waals surface area contributed by atoms with Crippen LogP contribution in [0.25, 0.3) is 0 Å². The van der Waals surface area contributed by atoms with Crippen LogP contribution in [0.4, 0.5) is 0 Å². The summed E-state index contributed by atoms with van der Waals surface area (Å²) in [5, 5.41) is 0. The summed E-state index contributed by atoms with van der Waals surface area (Å²) >= 11 is 0. The predicted octanol–water partition coefficient (Wildman–Crippen LogP) is 1.32. The van der Waals surface area contributed by atoms with Gasteiger partial charge >= 0.3 is 5.97 Å². The molecule has 0 aromatic heterocycles. The van der Waals surface area contributed by atoms with Crippen molar-refractivity contribution in [3.63, 3.8) is 0 Å². The molecule has 0 amide bonds. The summed E-state index contributed by atoms with van der Waals surface area (Å²) in [5.41, 5.74) is -0.958. The number of Topliss-reactive ketones (excluding diaryl/α,β-unsaturated/α-hetero) is 1. The molecule has 1 fully saturated rings. The van der Waals surface area contributed by atoms with E-state index in [2.05, 4.69) is 0 Å². The van der Waals surface area contributed by atoms with E-state index in [-0.39, 0.29) is 11.9 Å². The predicted molar refractivity (Wildman–Crippen MR) is 54.4 cm³/mol. The van der Waals surface area contributed by atoms with Gasteiger partial charge in [0.15, 0.2) is 0 Å². The lowest BCUT2D eigenvalue weighted by Gasteiger charge is -2.13. The lowest BCUT2D eigenvalue weighted by Crippen LogP contribution is -2.30. The Bertz CT molecular complexity index is 261. The quantitative estimate of drug-likeness (QED) is 0.393. The van der Waals surface area contributed by atoms with Gasteiger partial charge in [-0.1, -0.05) is 6.92 Å². The van der Waals surface area contributed by atoms with Crippen LogP contribution in [0.1, 0.15) is 33.6 Å². The van der Waals surface area contributed by atoms with Gasteiger partial charge in [-0.05, 0) is 20.3 Å². The first-order valence-electron chi connectivity index (χ1n) is 5.30. The van der Waals surface area contributed by atoms with Crippen LogP contribution < -0.4 is 0 Å². The first kappa shape index (κ1) is 12.2. The molecule has 2 unspecified atom stereocenters. The van der Waals surface area contributed by atoms with Gasteiger partial charge in [0.05, 0.1) is 6.61 Å². The molecule has 1 saturated heterocycles. The van der Waals surface area contributed by atoms with Gasteiger partial charge in [-0.3, -0.25) is 9.59 Å². The minimum Gasteiger partial charge on any atom is -0.459 e. The minimum absolute atomic E-state index is 0.134. The fourth-order valence-corrected chi connectivity index (χ4v) is 1.60. The maximum atomic E-state index is 11.5. The largest absolute Gasteiger partial charge is 0.459 e. The van der Waals surface area contributed by atoms with Crippen molar-refractivity contribution in [3.8, 4) is 0 Å². The monoisotopic (exact) mass is 214 g/mol. The van der Waals surface area contributed by atoms with Gasteiger partial charge in [-0.2, -0.15) is 0 Å². The summed E-state index contributed by atoms with van der Waals surface area (Å²) in [6.45, 7) is 6.13. The number of ether oxygens (including phenoxy) is 2. The Labute approximate surface area is 89.9 Å². The van der Waals surface area contributed by atoms with Gasteiger partial charge in [0.2, 0.25) is 0 Å². The average molecular weight is 214 g/mol. The van der Waals surface area contributed by atoms with E-state index in [1.54, 1.807) is 6.92 Å². The standard InChI is InChI=1S/C11H18O4/c1-4-5-14-7-9-6-11(3,8(2)12)10(13)15-9/h9H,4-7H2,1-3H3. The highest BCUT2D eigenvalue weighted by molar-refractivity contribution is 6.03. The van der Waals surface area contributed by atoms with Crippen LogP contribution in [0.2, 0.25) is 0 Å². The first-order valence-corrected chi connectivity index (χ1v) is 5.30. The van der Waals surface area contributed by atoms with E-state index in [1.807, 2.05) is 6.92 Å². The van der Waals surface area contributed by atoms with Crippen molar-refractivity contribution in [2.45, 2.75) is 39.7 Å². The van der Waals surface area contributed by atoms with Crippen LogP contribution in [0.5, 0.6) is 0 Å². The van der Waals surface area contributed by atoms with Gasteiger partial charge in [0.1, 0.15) is 17.3 Å². The van der Waals surface area contributed by atoms with E-state index in [4.69, 9.17) is 9.47 Å². The molecule has 4 heteroatoms. The third-order valence-corrected chi connectivity index (χ3v) is 2.79. The summed E-state index contributed by atoms with van der Waals surface area (Å²) < 4.78 is 10.4. The third kappa shape index (κ3) is 2.56.